The van der Waals surface area contributed by atoms with E-state index in [1.165, 1.54) is 7.11 Å². The first-order valence-electron chi connectivity index (χ1n) is 4.79. The minimum Gasteiger partial charge on any atom is -0.469 e. The molecule has 0 radical (unpaired) electrons. The van der Waals surface area contributed by atoms with Crippen molar-refractivity contribution >= 4 is 16.1 Å². The van der Waals surface area contributed by atoms with Crippen molar-refractivity contribution < 1.29 is 22.1 Å². The third kappa shape index (κ3) is 3.46. The van der Waals surface area contributed by atoms with E-state index in [-0.39, 0.29) is 23.9 Å². The van der Waals surface area contributed by atoms with Crippen LogP contribution in [0.3, 0.4) is 0 Å². The fourth-order valence-corrected chi connectivity index (χ4v) is 2.65. The average Bonchev–Trinajstić information content (AvgIpc) is 2.42. The largest absolute Gasteiger partial charge is 0.469 e. The van der Waals surface area contributed by atoms with E-state index in [2.05, 4.69) is 4.74 Å². The minimum absolute atomic E-state index is 0.101. The standard InChI is InChI=1S/C9H16O5S/c1-6-4-7(14-15(3,11)12)5-8(6)9(10)13-2/h6-8H,4-5H2,1-3H3/t6-,7-,8-/m0/s1. The molecule has 5 nitrogen and oxygen atoms in total. The van der Waals surface area contributed by atoms with Crippen molar-refractivity contribution in [1.82, 2.24) is 0 Å². The molecule has 88 valence electrons. The molecule has 6 heteroatoms. The van der Waals surface area contributed by atoms with Gasteiger partial charge in [0.05, 0.1) is 25.4 Å². The van der Waals surface area contributed by atoms with Crippen LogP contribution < -0.4 is 0 Å². The maximum Gasteiger partial charge on any atom is 0.309 e. The van der Waals surface area contributed by atoms with E-state index >= 15 is 0 Å². The predicted octanol–water partition coefficient (Wildman–Crippen LogP) is 0.550. The number of ether oxygens (including phenoxy) is 1. The quantitative estimate of drug-likeness (QED) is 0.528. The van der Waals surface area contributed by atoms with Crippen molar-refractivity contribution in [2.24, 2.45) is 11.8 Å². The maximum absolute atomic E-state index is 11.3. The Hall–Kier alpha value is -0.620. The summed E-state index contributed by atoms with van der Waals surface area (Å²) in [6.07, 6.45) is 1.62. The van der Waals surface area contributed by atoms with Crippen LogP contribution in [0, 0.1) is 11.8 Å². The Balaban J connectivity index is 2.60. The lowest BCUT2D eigenvalue weighted by atomic mass is 9.99. The van der Waals surface area contributed by atoms with Gasteiger partial charge in [-0.2, -0.15) is 8.42 Å². The number of rotatable bonds is 3. The van der Waals surface area contributed by atoms with Crippen LogP contribution in [0.15, 0.2) is 0 Å². The second kappa shape index (κ2) is 4.49. The summed E-state index contributed by atoms with van der Waals surface area (Å²) in [5.41, 5.74) is 0. The molecule has 0 unspecified atom stereocenters. The number of methoxy groups -OCH3 is 1. The van der Waals surface area contributed by atoms with Crippen molar-refractivity contribution in [3.05, 3.63) is 0 Å². The fraction of sp³-hybridized carbons (Fsp3) is 0.889. The van der Waals surface area contributed by atoms with Gasteiger partial charge in [-0.05, 0) is 18.8 Å². The van der Waals surface area contributed by atoms with Gasteiger partial charge in [0, 0.05) is 0 Å². The van der Waals surface area contributed by atoms with E-state index in [4.69, 9.17) is 4.18 Å². The highest BCUT2D eigenvalue weighted by atomic mass is 32.2. The van der Waals surface area contributed by atoms with Gasteiger partial charge in [0.2, 0.25) is 0 Å². The molecule has 0 bridgehead atoms. The van der Waals surface area contributed by atoms with Gasteiger partial charge >= 0.3 is 5.97 Å². The predicted molar refractivity (Wildman–Crippen MR) is 53.6 cm³/mol. The first kappa shape index (κ1) is 12.4. The lowest BCUT2D eigenvalue weighted by molar-refractivity contribution is -0.146. The van der Waals surface area contributed by atoms with Gasteiger partial charge in [-0.25, -0.2) is 0 Å². The summed E-state index contributed by atoms with van der Waals surface area (Å²) < 4.78 is 31.3. The van der Waals surface area contributed by atoms with Crippen molar-refractivity contribution in [2.45, 2.75) is 25.9 Å². The molecule has 0 N–H and O–H groups in total. The van der Waals surface area contributed by atoms with Crippen LogP contribution in [0.1, 0.15) is 19.8 Å². The molecule has 1 saturated carbocycles. The van der Waals surface area contributed by atoms with Gasteiger partial charge in [-0.15, -0.1) is 0 Å². The SMILES string of the molecule is COC(=O)[C@H]1C[C@@H](OS(C)(=O)=O)C[C@@H]1C. The van der Waals surface area contributed by atoms with Gasteiger partial charge < -0.3 is 4.74 Å². The summed E-state index contributed by atoms with van der Waals surface area (Å²) in [5.74, 6) is -0.437. The zero-order valence-electron chi connectivity index (χ0n) is 9.10. The molecule has 1 fully saturated rings. The first-order chi connectivity index (χ1) is 6.83. The normalized spacial score (nSPS) is 31.5. The van der Waals surface area contributed by atoms with Gasteiger partial charge in [-0.3, -0.25) is 8.98 Å². The summed E-state index contributed by atoms with van der Waals surface area (Å²) in [4.78, 5) is 11.3. The molecule has 15 heavy (non-hydrogen) atoms. The van der Waals surface area contributed by atoms with Crippen molar-refractivity contribution in [2.75, 3.05) is 13.4 Å². The number of carbonyl (C=O) groups excluding carboxylic acids is 1. The van der Waals surface area contributed by atoms with Gasteiger partial charge in [0.1, 0.15) is 0 Å². The minimum atomic E-state index is -3.44. The zero-order chi connectivity index (χ0) is 11.6. The van der Waals surface area contributed by atoms with Crippen molar-refractivity contribution in [3.8, 4) is 0 Å². The summed E-state index contributed by atoms with van der Waals surface area (Å²) in [6, 6.07) is 0. The molecule has 0 aromatic carbocycles. The molecule has 1 rings (SSSR count). The highest BCUT2D eigenvalue weighted by Gasteiger charge is 2.38. The molecule has 0 aromatic heterocycles. The second-order valence-electron chi connectivity index (χ2n) is 4.00. The molecule has 0 heterocycles. The van der Waals surface area contributed by atoms with Crippen LogP contribution in [-0.4, -0.2) is 33.9 Å². The van der Waals surface area contributed by atoms with Gasteiger partial charge in [-0.1, -0.05) is 6.92 Å². The van der Waals surface area contributed by atoms with Crippen molar-refractivity contribution in [1.29, 1.82) is 0 Å². The smallest absolute Gasteiger partial charge is 0.309 e. The van der Waals surface area contributed by atoms with Crippen LogP contribution in [-0.2, 0) is 23.8 Å². The number of esters is 1. The highest BCUT2D eigenvalue weighted by molar-refractivity contribution is 7.86. The molecule has 1 aliphatic carbocycles. The van der Waals surface area contributed by atoms with E-state index in [0.29, 0.717) is 12.8 Å². The van der Waals surface area contributed by atoms with Crippen LogP contribution in [0.25, 0.3) is 0 Å². The first-order valence-corrected chi connectivity index (χ1v) is 6.61. The Morgan fingerprint density at radius 2 is 1.93 bits per heavy atom. The van der Waals surface area contributed by atoms with E-state index in [1.807, 2.05) is 6.92 Å². The maximum atomic E-state index is 11.3. The number of hydrogen-bond acceptors (Lipinski definition) is 5. The van der Waals surface area contributed by atoms with E-state index in [9.17, 15) is 13.2 Å². The highest BCUT2D eigenvalue weighted by Crippen LogP contribution is 2.34. The Kier molecular flexibility index (Phi) is 3.72. The van der Waals surface area contributed by atoms with Gasteiger partial charge in [0.15, 0.2) is 0 Å². The molecule has 0 amide bonds. The van der Waals surface area contributed by atoms with E-state index < -0.39 is 10.1 Å². The molecule has 0 saturated heterocycles. The van der Waals surface area contributed by atoms with E-state index in [1.54, 1.807) is 0 Å². The number of hydrogen-bond donors (Lipinski definition) is 0. The Labute approximate surface area is 89.9 Å². The summed E-state index contributed by atoms with van der Waals surface area (Å²) in [6.45, 7) is 1.90. The third-order valence-electron chi connectivity index (χ3n) is 2.65. The van der Waals surface area contributed by atoms with Crippen LogP contribution in [0.2, 0.25) is 0 Å². The molecular formula is C9H16O5S. The zero-order valence-corrected chi connectivity index (χ0v) is 9.91. The summed E-state index contributed by atoms with van der Waals surface area (Å²) in [7, 11) is -2.11. The topological polar surface area (TPSA) is 69.7 Å². The lowest BCUT2D eigenvalue weighted by Gasteiger charge is -2.10. The Morgan fingerprint density at radius 3 is 2.40 bits per heavy atom. The molecule has 0 aromatic rings. The number of carbonyl (C=O) groups is 1. The molecule has 3 atom stereocenters. The second-order valence-corrected chi connectivity index (χ2v) is 5.60. The molecular weight excluding hydrogens is 220 g/mol. The van der Waals surface area contributed by atoms with Gasteiger partial charge in [0.25, 0.3) is 10.1 Å². The van der Waals surface area contributed by atoms with Crippen LogP contribution in [0.4, 0.5) is 0 Å². The summed E-state index contributed by atoms with van der Waals surface area (Å²) in [5, 5.41) is 0. The van der Waals surface area contributed by atoms with Crippen molar-refractivity contribution in [3.63, 3.8) is 0 Å². The van der Waals surface area contributed by atoms with Crippen LogP contribution >= 0.6 is 0 Å². The van der Waals surface area contributed by atoms with Crippen LogP contribution in [0.5, 0.6) is 0 Å². The fourth-order valence-electron chi connectivity index (χ4n) is 2.00. The van der Waals surface area contributed by atoms with E-state index in [0.717, 1.165) is 6.26 Å². The Bertz CT molecular complexity index is 334. The third-order valence-corrected chi connectivity index (χ3v) is 3.27. The average molecular weight is 236 g/mol. The molecule has 0 aliphatic heterocycles. The molecule has 0 spiro atoms. The Morgan fingerprint density at radius 1 is 1.33 bits per heavy atom. The lowest BCUT2D eigenvalue weighted by Crippen LogP contribution is -2.19. The molecule has 1 aliphatic rings. The summed E-state index contributed by atoms with van der Waals surface area (Å²) >= 11 is 0. The monoisotopic (exact) mass is 236 g/mol.